The predicted octanol–water partition coefficient (Wildman–Crippen LogP) is 3.70. The Morgan fingerprint density at radius 2 is 2.04 bits per heavy atom. The second-order valence-corrected chi connectivity index (χ2v) is 13.1. The highest BCUT2D eigenvalue weighted by Crippen LogP contribution is 2.20. The van der Waals surface area contributed by atoms with Crippen molar-refractivity contribution in [3.63, 3.8) is 0 Å². The molecular weight excluding hydrogens is 332 g/mol. The molecule has 1 aromatic heterocycles. The molecule has 25 heavy (non-hydrogen) atoms. The van der Waals surface area contributed by atoms with Crippen molar-refractivity contribution in [2.75, 3.05) is 13.1 Å². The fourth-order valence-corrected chi connectivity index (χ4v) is 2.84. The van der Waals surface area contributed by atoms with Gasteiger partial charge in [-0.05, 0) is 26.8 Å². The quantitative estimate of drug-likeness (QED) is 0.596. The molecule has 1 aliphatic heterocycles. The number of amides is 1. The Hall–Kier alpha value is -2.00. The molecule has 6 heteroatoms. The molecule has 1 fully saturated rings. The molecule has 0 radical (unpaired) electrons. The summed E-state index contributed by atoms with van der Waals surface area (Å²) < 4.78 is 11.4. The van der Waals surface area contributed by atoms with Crippen LogP contribution in [0.15, 0.2) is 18.5 Å². The van der Waals surface area contributed by atoms with Gasteiger partial charge in [0.1, 0.15) is 25.5 Å². The number of pyridine rings is 1. The molecule has 0 unspecified atom stereocenters. The molecular formula is C19H28N2O3Si. The Morgan fingerprint density at radius 3 is 2.68 bits per heavy atom. The van der Waals surface area contributed by atoms with Gasteiger partial charge in [0.05, 0.1) is 12.7 Å². The summed E-state index contributed by atoms with van der Waals surface area (Å²) in [6.07, 6.45) is 3.89. The molecule has 0 aliphatic carbocycles. The van der Waals surface area contributed by atoms with Crippen LogP contribution in [0.5, 0.6) is 5.75 Å². The Morgan fingerprint density at radius 1 is 1.32 bits per heavy atom. The van der Waals surface area contributed by atoms with E-state index in [1.807, 2.05) is 26.8 Å². The second kappa shape index (κ2) is 7.48. The first kappa shape index (κ1) is 19.3. The van der Waals surface area contributed by atoms with E-state index in [2.05, 4.69) is 36.1 Å². The third-order valence-corrected chi connectivity index (χ3v) is 4.27. The fraction of sp³-hybridized carbons (Fsp3) is 0.579. The molecule has 2 rings (SSSR count). The smallest absolute Gasteiger partial charge is 0.410 e. The number of hydrogen-bond acceptors (Lipinski definition) is 4. The zero-order valence-electron chi connectivity index (χ0n) is 16.0. The topological polar surface area (TPSA) is 51.7 Å². The van der Waals surface area contributed by atoms with Crippen LogP contribution in [0.25, 0.3) is 0 Å². The van der Waals surface area contributed by atoms with E-state index >= 15 is 0 Å². The third-order valence-electron chi connectivity index (χ3n) is 3.39. The standard InChI is InChI=1S/C19H28N2O3Si/c1-19(2,3)24-18(22)21-9-7-16(14-21)23-17-11-15(12-20-13-17)8-10-25(4,5)6/h11-13,16H,7,9,14H2,1-6H3/t16-/m1/s1. The maximum Gasteiger partial charge on any atom is 0.410 e. The lowest BCUT2D eigenvalue weighted by Gasteiger charge is -2.24. The first-order valence-corrected chi connectivity index (χ1v) is 12.1. The van der Waals surface area contributed by atoms with Gasteiger partial charge in [0, 0.05) is 24.7 Å². The van der Waals surface area contributed by atoms with Crippen molar-refractivity contribution in [3.05, 3.63) is 24.0 Å². The molecule has 5 nitrogen and oxygen atoms in total. The van der Waals surface area contributed by atoms with Crippen molar-refractivity contribution in [1.29, 1.82) is 0 Å². The molecule has 0 aromatic carbocycles. The van der Waals surface area contributed by atoms with Crippen molar-refractivity contribution >= 4 is 14.2 Å². The number of carbonyl (C=O) groups excluding carboxylic acids is 1. The molecule has 1 aliphatic rings. The molecule has 0 bridgehead atoms. The summed E-state index contributed by atoms with van der Waals surface area (Å²) in [5.41, 5.74) is 3.71. The van der Waals surface area contributed by atoms with Crippen molar-refractivity contribution in [3.8, 4) is 17.2 Å². The summed E-state index contributed by atoms with van der Waals surface area (Å²) in [5.74, 6) is 3.88. The first-order valence-electron chi connectivity index (χ1n) is 8.65. The van der Waals surface area contributed by atoms with Crippen LogP contribution in [0.4, 0.5) is 4.79 Å². The maximum atomic E-state index is 12.1. The zero-order chi connectivity index (χ0) is 18.7. The van der Waals surface area contributed by atoms with Gasteiger partial charge in [-0.1, -0.05) is 25.6 Å². The molecule has 2 heterocycles. The monoisotopic (exact) mass is 360 g/mol. The van der Waals surface area contributed by atoms with E-state index in [1.165, 1.54) is 0 Å². The summed E-state index contributed by atoms with van der Waals surface area (Å²) in [6.45, 7) is 13.4. The lowest BCUT2D eigenvalue weighted by Crippen LogP contribution is -2.36. The van der Waals surface area contributed by atoms with Gasteiger partial charge in [0.2, 0.25) is 0 Å². The molecule has 1 aromatic rings. The Kier molecular flexibility index (Phi) is 5.78. The average molecular weight is 361 g/mol. The molecule has 1 atom stereocenters. The second-order valence-electron chi connectivity index (χ2n) is 8.36. The Labute approximate surface area is 151 Å². The van der Waals surface area contributed by atoms with Gasteiger partial charge in [-0.2, -0.15) is 0 Å². The van der Waals surface area contributed by atoms with E-state index in [1.54, 1.807) is 17.3 Å². The fourth-order valence-electron chi connectivity index (χ4n) is 2.32. The summed E-state index contributed by atoms with van der Waals surface area (Å²) in [5, 5.41) is 0. The first-order chi connectivity index (χ1) is 11.5. The minimum absolute atomic E-state index is 0.0467. The number of nitrogens with zero attached hydrogens (tertiary/aromatic N) is 2. The molecule has 0 N–H and O–H groups in total. The predicted molar refractivity (Wildman–Crippen MR) is 101 cm³/mol. The van der Waals surface area contributed by atoms with Crippen molar-refractivity contribution < 1.29 is 14.3 Å². The van der Waals surface area contributed by atoms with E-state index in [-0.39, 0.29) is 12.2 Å². The van der Waals surface area contributed by atoms with Crippen LogP contribution in [0.3, 0.4) is 0 Å². The zero-order valence-corrected chi connectivity index (χ0v) is 17.0. The van der Waals surface area contributed by atoms with Crippen LogP contribution in [-0.4, -0.2) is 48.8 Å². The van der Waals surface area contributed by atoms with Crippen LogP contribution < -0.4 is 4.74 Å². The van der Waals surface area contributed by atoms with Gasteiger partial charge in [0.25, 0.3) is 0 Å². The molecule has 1 saturated heterocycles. The van der Waals surface area contributed by atoms with Gasteiger partial charge in [-0.15, -0.1) is 5.54 Å². The summed E-state index contributed by atoms with van der Waals surface area (Å²) >= 11 is 0. The Bertz CT molecular complexity index is 680. The van der Waals surface area contributed by atoms with Crippen LogP contribution in [0.1, 0.15) is 32.8 Å². The summed E-state index contributed by atoms with van der Waals surface area (Å²) in [7, 11) is -1.42. The van der Waals surface area contributed by atoms with E-state index < -0.39 is 13.7 Å². The number of carbonyl (C=O) groups is 1. The van der Waals surface area contributed by atoms with Crippen molar-refractivity contribution in [2.45, 2.75) is 58.5 Å². The van der Waals surface area contributed by atoms with Gasteiger partial charge < -0.3 is 14.4 Å². The van der Waals surface area contributed by atoms with E-state index in [0.29, 0.717) is 18.8 Å². The highest BCUT2D eigenvalue weighted by Gasteiger charge is 2.30. The van der Waals surface area contributed by atoms with Crippen LogP contribution in [0, 0.1) is 11.5 Å². The van der Waals surface area contributed by atoms with Gasteiger partial charge >= 0.3 is 6.09 Å². The van der Waals surface area contributed by atoms with E-state index in [0.717, 1.165) is 12.0 Å². The molecule has 1 amide bonds. The number of hydrogen-bond donors (Lipinski definition) is 0. The van der Waals surface area contributed by atoms with Gasteiger partial charge in [-0.25, -0.2) is 4.79 Å². The van der Waals surface area contributed by atoms with Gasteiger partial charge in [0.15, 0.2) is 0 Å². The number of rotatable bonds is 2. The molecule has 136 valence electrons. The van der Waals surface area contributed by atoms with Crippen LogP contribution in [0.2, 0.25) is 19.6 Å². The molecule has 0 saturated carbocycles. The minimum atomic E-state index is -1.42. The normalized spacial score (nSPS) is 17.7. The number of ether oxygens (including phenoxy) is 2. The van der Waals surface area contributed by atoms with Crippen LogP contribution in [-0.2, 0) is 4.74 Å². The van der Waals surface area contributed by atoms with Crippen molar-refractivity contribution in [2.24, 2.45) is 0 Å². The Balaban J connectivity index is 1.95. The lowest BCUT2D eigenvalue weighted by molar-refractivity contribution is 0.0275. The summed E-state index contributed by atoms with van der Waals surface area (Å²) in [6, 6.07) is 1.91. The SMILES string of the molecule is CC(C)(C)OC(=O)N1CC[C@@H](Oc2cncc(C#C[Si](C)(C)C)c2)C1. The maximum absolute atomic E-state index is 12.1. The largest absolute Gasteiger partial charge is 0.487 e. The third kappa shape index (κ3) is 6.79. The van der Waals surface area contributed by atoms with Crippen LogP contribution >= 0.6 is 0 Å². The highest BCUT2D eigenvalue weighted by molar-refractivity contribution is 6.83. The highest BCUT2D eigenvalue weighted by atomic mass is 28.3. The van der Waals surface area contributed by atoms with E-state index in [4.69, 9.17) is 9.47 Å². The van der Waals surface area contributed by atoms with E-state index in [9.17, 15) is 4.79 Å². The summed E-state index contributed by atoms with van der Waals surface area (Å²) in [4.78, 5) is 18.0. The average Bonchev–Trinajstić information content (AvgIpc) is 2.92. The lowest BCUT2D eigenvalue weighted by atomic mass is 10.2. The minimum Gasteiger partial charge on any atom is -0.487 e. The van der Waals surface area contributed by atoms with Crippen molar-refractivity contribution in [1.82, 2.24) is 9.88 Å². The molecule has 0 spiro atoms. The number of likely N-dealkylation sites (tertiary alicyclic amines) is 1. The van der Waals surface area contributed by atoms with Gasteiger partial charge in [-0.3, -0.25) is 4.98 Å². The number of aromatic nitrogens is 1.